The fraction of sp³-hybridized carbons (Fsp3) is 0.350. The minimum absolute atomic E-state index is 0.0437. The van der Waals surface area contributed by atoms with E-state index >= 15 is 0 Å². The fourth-order valence-electron chi connectivity index (χ4n) is 2.34. The van der Waals surface area contributed by atoms with Gasteiger partial charge in [-0.3, -0.25) is 4.79 Å². The predicted octanol–water partition coefficient (Wildman–Crippen LogP) is 4.93. The molecule has 134 valence electrons. The van der Waals surface area contributed by atoms with E-state index in [0.717, 1.165) is 28.3 Å². The molecule has 0 bridgehead atoms. The van der Waals surface area contributed by atoms with Crippen LogP contribution >= 0.6 is 11.6 Å². The van der Waals surface area contributed by atoms with E-state index < -0.39 is 5.41 Å². The fourth-order valence-corrected chi connectivity index (χ4v) is 2.54. The zero-order valence-corrected chi connectivity index (χ0v) is 16.0. The van der Waals surface area contributed by atoms with Gasteiger partial charge >= 0.3 is 0 Å². The highest BCUT2D eigenvalue weighted by molar-refractivity contribution is 6.30. The van der Waals surface area contributed by atoms with Gasteiger partial charge < -0.3 is 14.8 Å². The van der Waals surface area contributed by atoms with Crippen LogP contribution in [0, 0.1) is 5.41 Å². The molecule has 0 unspecified atom stereocenters. The third-order valence-corrected chi connectivity index (χ3v) is 4.11. The molecule has 0 aromatic heterocycles. The second-order valence-corrected chi connectivity index (χ2v) is 7.30. The summed E-state index contributed by atoms with van der Waals surface area (Å²) in [5, 5.41) is 3.62. The van der Waals surface area contributed by atoms with Gasteiger partial charge in [-0.15, -0.1) is 0 Å². The van der Waals surface area contributed by atoms with Crippen LogP contribution in [0.1, 0.15) is 31.9 Å². The molecule has 0 saturated heterocycles. The summed E-state index contributed by atoms with van der Waals surface area (Å²) in [6.07, 6.45) is 0.577. The first-order chi connectivity index (χ1) is 11.7. The summed E-state index contributed by atoms with van der Waals surface area (Å²) in [7, 11) is 3.24. The van der Waals surface area contributed by atoms with Crippen LogP contribution in [0.25, 0.3) is 0 Å². The normalized spacial score (nSPS) is 11.1. The van der Waals surface area contributed by atoms with Gasteiger partial charge in [-0.25, -0.2) is 0 Å². The summed E-state index contributed by atoms with van der Waals surface area (Å²) in [5.74, 6) is 1.41. The molecular formula is C20H24ClNO3. The number of carbonyl (C=O) groups is 1. The molecule has 0 heterocycles. The Morgan fingerprint density at radius 3 is 2.36 bits per heavy atom. The Bertz CT molecular complexity index is 766. The molecule has 2 aromatic carbocycles. The third-order valence-electron chi connectivity index (χ3n) is 3.87. The Balaban J connectivity index is 2.36. The van der Waals surface area contributed by atoms with Gasteiger partial charge in [0, 0.05) is 28.6 Å². The lowest BCUT2D eigenvalue weighted by molar-refractivity contribution is -0.123. The number of amides is 1. The van der Waals surface area contributed by atoms with Crippen LogP contribution in [0.15, 0.2) is 36.4 Å². The maximum atomic E-state index is 12.3. The van der Waals surface area contributed by atoms with Gasteiger partial charge in [0.15, 0.2) is 0 Å². The van der Waals surface area contributed by atoms with Crippen molar-refractivity contribution >= 4 is 23.2 Å². The van der Waals surface area contributed by atoms with Crippen molar-refractivity contribution < 1.29 is 14.3 Å². The van der Waals surface area contributed by atoms with E-state index in [2.05, 4.69) is 5.32 Å². The van der Waals surface area contributed by atoms with E-state index in [0.29, 0.717) is 11.4 Å². The van der Waals surface area contributed by atoms with E-state index in [4.69, 9.17) is 21.1 Å². The summed E-state index contributed by atoms with van der Waals surface area (Å²) < 4.78 is 10.7. The molecule has 0 radical (unpaired) electrons. The lowest BCUT2D eigenvalue weighted by atomic mass is 9.95. The summed E-state index contributed by atoms with van der Waals surface area (Å²) in [6, 6.07) is 11.1. The highest BCUT2D eigenvalue weighted by Gasteiger charge is 2.22. The number of hydrogen-bond donors (Lipinski definition) is 1. The Kier molecular flexibility index (Phi) is 5.96. The summed E-state index contributed by atoms with van der Waals surface area (Å²) in [6.45, 7) is 5.64. The molecule has 25 heavy (non-hydrogen) atoms. The molecule has 5 heteroatoms. The topological polar surface area (TPSA) is 47.6 Å². The zero-order chi connectivity index (χ0) is 18.6. The number of rotatable bonds is 5. The lowest BCUT2D eigenvalue weighted by Crippen LogP contribution is -2.28. The zero-order valence-electron chi connectivity index (χ0n) is 15.3. The van der Waals surface area contributed by atoms with Crippen molar-refractivity contribution in [3.8, 4) is 11.5 Å². The monoisotopic (exact) mass is 361 g/mol. The van der Waals surface area contributed by atoms with Crippen molar-refractivity contribution in [3.63, 3.8) is 0 Å². The largest absolute Gasteiger partial charge is 0.497 e. The highest BCUT2D eigenvalue weighted by Crippen LogP contribution is 2.31. The number of carbonyl (C=O) groups excluding carboxylic acids is 1. The van der Waals surface area contributed by atoms with Crippen molar-refractivity contribution in [1.29, 1.82) is 0 Å². The van der Waals surface area contributed by atoms with E-state index in [1.807, 2.05) is 51.1 Å². The second-order valence-electron chi connectivity index (χ2n) is 6.86. The Morgan fingerprint density at radius 1 is 1.04 bits per heavy atom. The standard InChI is InChI=1S/C20H24ClNO3/c1-20(2,3)19(23)22-17-9-7-15(21)11-14(17)10-13-6-8-16(24-4)12-18(13)25-5/h6-9,11-12H,10H2,1-5H3,(H,22,23). The molecule has 2 rings (SSSR count). The molecule has 0 aliphatic carbocycles. The van der Waals surface area contributed by atoms with Gasteiger partial charge in [0.1, 0.15) is 11.5 Å². The SMILES string of the molecule is COc1ccc(Cc2cc(Cl)ccc2NC(=O)C(C)(C)C)c(OC)c1. The van der Waals surface area contributed by atoms with Crippen LogP contribution in [0.2, 0.25) is 5.02 Å². The molecule has 0 aliphatic rings. The van der Waals surface area contributed by atoms with Gasteiger partial charge in [0.25, 0.3) is 0 Å². The number of halogens is 1. The molecule has 0 fully saturated rings. The van der Waals surface area contributed by atoms with E-state index in [-0.39, 0.29) is 5.91 Å². The molecule has 0 saturated carbocycles. The van der Waals surface area contributed by atoms with E-state index in [1.54, 1.807) is 20.3 Å². The molecule has 0 spiro atoms. The number of benzene rings is 2. The molecule has 0 atom stereocenters. The van der Waals surface area contributed by atoms with Crippen LogP contribution in [-0.2, 0) is 11.2 Å². The highest BCUT2D eigenvalue weighted by atomic mass is 35.5. The molecule has 1 amide bonds. The second kappa shape index (κ2) is 7.79. The van der Waals surface area contributed by atoms with Crippen molar-refractivity contribution in [1.82, 2.24) is 0 Å². The van der Waals surface area contributed by atoms with Crippen LogP contribution in [0.3, 0.4) is 0 Å². The smallest absolute Gasteiger partial charge is 0.229 e. The van der Waals surface area contributed by atoms with Crippen LogP contribution in [0.4, 0.5) is 5.69 Å². The number of methoxy groups -OCH3 is 2. The minimum atomic E-state index is -0.477. The average Bonchev–Trinajstić information content (AvgIpc) is 2.56. The molecule has 1 N–H and O–H groups in total. The van der Waals surface area contributed by atoms with Crippen LogP contribution in [-0.4, -0.2) is 20.1 Å². The van der Waals surface area contributed by atoms with Gasteiger partial charge in [0.2, 0.25) is 5.91 Å². The summed E-state index contributed by atoms with van der Waals surface area (Å²) >= 11 is 6.17. The lowest BCUT2D eigenvalue weighted by Gasteiger charge is -2.20. The van der Waals surface area contributed by atoms with Crippen molar-refractivity contribution in [2.75, 3.05) is 19.5 Å². The minimum Gasteiger partial charge on any atom is -0.497 e. The van der Waals surface area contributed by atoms with Crippen molar-refractivity contribution in [2.24, 2.45) is 5.41 Å². The molecule has 4 nitrogen and oxygen atoms in total. The third kappa shape index (κ3) is 4.89. The van der Waals surface area contributed by atoms with Crippen molar-refractivity contribution in [3.05, 3.63) is 52.5 Å². The number of ether oxygens (including phenoxy) is 2. The van der Waals surface area contributed by atoms with Crippen molar-refractivity contribution in [2.45, 2.75) is 27.2 Å². The van der Waals surface area contributed by atoms with Gasteiger partial charge in [-0.05, 0) is 35.4 Å². The van der Waals surface area contributed by atoms with E-state index in [9.17, 15) is 4.79 Å². The summed E-state index contributed by atoms with van der Waals surface area (Å²) in [5.41, 5.74) is 2.18. The maximum absolute atomic E-state index is 12.3. The van der Waals surface area contributed by atoms with Gasteiger partial charge in [-0.1, -0.05) is 38.4 Å². The van der Waals surface area contributed by atoms with E-state index in [1.165, 1.54) is 0 Å². The van der Waals surface area contributed by atoms with Gasteiger partial charge in [0.05, 0.1) is 14.2 Å². The Hall–Kier alpha value is -2.20. The molecular weight excluding hydrogens is 338 g/mol. The van der Waals surface area contributed by atoms with Crippen LogP contribution in [0.5, 0.6) is 11.5 Å². The molecule has 2 aromatic rings. The maximum Gasteiger partial charge on any atom is 0.229 e. The Labute approximate surface area is 154 Å². The summed E-state index contributed by atoms with van der Waals surface area (Å²) in [4.78, 5) is 12.3. The first-order valence-corrected chi connectivity index (χ1v) is 8.43. The first-order valence-electron chi connectivity index (χ1n) is 8.05. The Morgan fingerprint density at radius 2 is 1.76 bits per heavy atom. The number of anilines is 1. The van der Waals surface area contributed by atoms with Gasteiger partial charge in [-0.2, -0.15) is 0 Å². The number of hydrogen-bond acceptors (Lipinski definition) is 3. The van der Waals surface area contributed by atoms with Crippen LogP contribution < -0.4 is 14.8 Å². The first kappa shape index (κ1) is 19.1. The predicted molar refractivity (Wildman–Crippen MR) is 102 cm³/mol. The quantitative estimate of drug-likeness (QED) is 0.821. The average molecular weight is 362 g/mol. The number of nitrogens with one attached hydrogen (secondary N) is 1. The molecule has 0 aliphatic heterocycles.